The van der Waals surface area contributed by atoms with Crippen LogP contribution in [-0.2, 0) is 30.5 Å². The third-order valence-corrected chi connectivity index (χ3v) is 5.99. The molecular formula is C17H24Cl2N4OS. The van der Waals surface area contributed by atoms with E-state index >= 15 is 0 Å². The second-order valence-corrected chi connectivity index (χ2v) is 7.28. The molecule has 5 nitrogen and oxygen atoms in total. The number of aryl methyl sites for hydroxylation is 1. The highest BCUT2D eigenvalue weighted by Gasteiger charge is 2.28. The average Bonchev–Trinajstić information content (AvgIpc) is 3.21. The maximum Gasteiger partial charge on any atom is 0.243 e. The van der Waals surface area contributed by atoms with E-state index in [1.54, 1.807) is 16.8 Å². The molecule has 0 saturated heterocycles. The Balaban J connectivity index is 0.00000113. The molecule has 1 aliphatic heterocycles. The van der Waals surface area contributed by atoms with Crippen molar-refractivity contribution >= 4 is 42.1 Å². The number of thiophene rings is 1. The van der Waals surface area contributed by atoms with Crippen molar-refractivity contribution in [2.24, 2.45) is 0 Å². The summed E-state index contributed by atoms with van der Waals surface area (Å²) < 4.78 is 0. The molecule has 2 aromatic rings. The monoisotopic (exact) mass is 402 g/mol. The van der Waals surface area contributed by atoms with Crippen LogP contribution in [0.3, 0.4) is 0 Å². The standard InChI is InChI=1S/C17H22N4OS.2ClH/c22-17(16-15-13(6-8-18-16)20-10-21-15)19-7-5-11-9-23-14-4-2-1-3-12(11)14;;/h9-10,16,18H,1-8H2,(H,19,22)(H,20,21);2*1H. The normalized spacial score (nSPS) is 18.3. The molecule has 1 unspecified atom stereocenters. The fraction of sp³-hybridized carbons (Fsp3) is 0.529. The Morgan fingerprint density at radius 2 is 2.12 bits per heavy atom. The molecule has 8 heteroatoms. The van der Waals surface area contributed by atoms with Gasteiger partial charge in [0.05, 0.1) is 12.0 Å². The van der Waals surface area contributed by atoms with Gasteiger partial charge in [0.25, 0.3) is 0 Å². The van der Waals surface area contributed by atoms with Crippen LogP contribution in [0, 0.1) is 0 Å². The van der Waals surface area contributed by atoms with Crippen LogP contribution in [0.15, 0.2) is 11.7 Å². The average molecular weight is 403 g/mol. The van der Waals surface area contributed by atoms with Crippen molar-refractivity contribution in [1.29, 1.82) is 0 Å². The Labute approximate surface area is 164 Å². The van der Waals surface area contributed by atoms with Crippen molar-refractivity contribution in [3.05, 3.63) is 39.1 Å². The first-order chi connectivity index (χ1) is 11.3. The summed E-state index contributed by atoms with van der Waals surface area (Å²) in [5.74, 6) is 0.0298. The van der Waals surface area contributed by atoms with Crippen LogP contribution in [0.2, 0.25) is 0 Å². The Kier molecular flexibility index (Phi) is 7.31. The molecule has 1 amide bonds. The summed E-state index contributed by atoms with van der Waals surface area (Å²) >= 11 is 1.89. The highest BCUT2D eigenvalue weighted by atomic mass is 35.5. The third-order valence-electron chi connectivity index (χ3n) is 4.85. The largest absolute Gasteiger partial charge is 0.354 e. The van der Waals surface area contributed by atoms with E-state index in [4.69, 9.17) is 0 Å². The van der Waals surface area contributed by atoms with Crippen LogP contribution in [0.4, 0.5) is 0 Å². The van der Waals surface area contributed by atoms with Crippen LogP contribution in [0.1, 0.15) is 46.3 Å². The molecule has 0 saturated carbocycles. The Morgan fingerprint density at radius 3 is 3.00 bits per heavy atom. The lowest BCUT2D eigenvalue weighted by molar-refractivity contribution is -0.123. The van der Waals surface area contributed by atoms with Gasteiger partial charge in [-0.1, -0.05) is 0 Å². The maximum atomic E-state index is 12.5. The molecule has 1 aliphatic carbocycles. The highest BCUT2D eigenvalue weighted by molar-refractivity contribution is 7.10. The van der Waals surface area contributed by atoms with Gasteiger partial charge < -0.3 is 15.6 Å². The summed E-state index contributed by atoms with van der Waals surface area (Å²) in [7, 11) is 0. The fourth-order valence-corrected chi connectivity index (χ4v) is 4.81. The van der Waals surface area contributed by atoms with Gasteiger partial charge in [0, 0.05) is 30.1 Å². The summed E-state index contributed by atoms with van der Waals surface area (Å²) in [5.41, 5.74) is 4.92. The number of aromatic nitrogens is 2. The first kappa shape index (κ1) is 20.2. The second kappa shape index (κ2) is 9.03. The Hall–Kier alpha value is -1.08. The van der Waals surface area contributed by atoms with E-state index in [0.717, 1.165) is 30.8 Å². The minimum Gasteiger partial charge on any atom is -0.354 e. The summed E-state index contributed by atoms with van der Waals surface area (Å²) in [6.07, 6.45) is 8.58. The molecule has 0 bridgehead atoms. The van der Waals surface area contributed by atoms with E-state index in [1.807, 2.05) is 11.3 Å². The van der Waals surface area contributed by atoms with E-state index in [-0.39, 0.29) is 36.8 Å². The lowest BCUT2D eigenvalue weighted by Gasteiger charge is -2.22. The van der Waals surface area contributed by atoms with Crippen molar-refractivity contribution in [1.82, 2.24) is 20.6 Å². The van der Waals surface area contributed by atoms with E-state index < -0.39 is 0 Å². The number of carbonyl (C=O) groups is 1. The Morgan fingerprint density at radius 1 is 1.28 bits per heavy atom. The zero-order valence-corrected chi connectivity index (χ0v) is 16.4. The molecule has 3 N–H and O–H groups in total. The molecule has 138 valence electrons. The van der Waals surface area contributed by atoms with Gasteiger partial charge in [0.15, 0.2) is 0 Å². The zero-order chi connectivity index (χ0) is 15.6. The molecule has 2 aliphatic rings. The quantitative estimate of drug-likeness (QED) is 0.735. The van der Waals surface area contributed by atoms with Crippen molar-refractivity contribution in [2.75, 3.05) is 13.1 Å². The second-order valence-electron chi connectivity index (χ2n) is 6.31. The van der Waals surface area contributed by atoms with Crippen molar-refractivity contribution in [3.8, 4) is 0 Å². The van der Waals surface area contributed by atoms with Crippen LogP contribution in [0.5, 0.6) is 0 Å². The van der Waals surface area contributed by atoms with Gasteiger partial charge in [-0.2, -0.15) is 0 Å². The highest BCUT2D eigenvalue weighted by Crippen LogP contribution is 2.30. The van der Waals surface area contributed by atoms with Gasteiger partial charge in [-0.3, -0.25) is 4.79 Å². The molecular weight excluding hydrogens is 379 g/mol. The van der Waals surface area contributed by atoms with Gasteiger partial charge in [-0.25, -0.2) is 4.98 Å². The van der Waals surface area contributed by atoms with Crippen molar-refractivity contribution < 1.29 is 4.79 Å². The summed E-state index contributed by atoms with van der Waals surface area (Å²) in [5, 5.41) is 8.62. The van der Waals surface area contributed by atoms with Gasteiger partial charge in [0.2, 0.25) is 5.91 Å². The minimum absolute atomic E-state index is 0. The van der Waals surface area contributed by atoms with Gasteiger partial charge in [-0.15, -0.1) is 36.2 Å². The number of rotatable bonds is 4. The molecule has 0 fully saturated rings. The van der Waals surface area contributed by atoms with E-state index in [2.05, 4.69) is 26.0 Å². The first-order valence-corrected chi connectivity index (χ1v) is 9.32. The third kappa shape index (κ3) is 4.19. The van der Waals surface area contributed by atoms with Gasteiger partial charge in [0.1, 0.15) is 6.04 Å². The number of carbonyl (C=O) groups excluding carboxylic acids is 1. The number of fused-ring (bicyclic) bond motifs is 2. The SMILES string of the molecule is Cl.Cl.O=C(NCCc1csc2c1CCCC2)C1NCCc2[nH]cnc21. The number of nitrogens with zero attached hydrogens (tertiary/aromatic N) is 1. The van der Waals surface area contributed by atoms with Crippen LogP contribution in [-0.4, -0.2) is 29.0 Å². The van der Waals surface area contributed by atoms with Crippen LogP contribution < -0.4 is 10.6 Å². The van der Waals surface area contributed by atoms with E-state index in [1.165, 1.54) is 31.2 Å². The number of amides is 1. The smallest absolute Gasteiger partial charge is 0.243 e. The summed E-state index contributed by atoms with van der Waals surface area (Å²) in [6.45, 7) is 1.51. The lowest BCUT2D eigenvalue weighted by atomic mass is 9.95. The number of imidazole rings is 1. The van der Waals surface area contributed by atoms with Gasteiger partial charge >= 0.3 is 0 Å². The summed E-state index contributed by atoms with van der Waals surface area (Å²) in [4.78, 5) is 21.4. The van der Waals surface area contributed by atoms with E-state index in [0.29, 0.717) is 6.54 Å². The number of hydrogen-bond donors (Lipinski definition) is 3. The first-order valence-electron chi connectivity index (χ1n) is 8.44. The molecule has 0 spiro atoms. The van der Waals surface area contributed by atoms with Gasteiger partial charge in [-0.05, 0) is 48.6 Å². The lowest BCUT2D eigenvalue weighted by Crippen LogP contribution is -2.42. The molecule has 2 aromatic heterocycles. The van der Waals surface area contributed by atoms with E-state index in [9.17, 15) is 4.79 Å². The predicted molar refractivity (Wildman–Crippen MR) is 105 cm³/mol. The number of H-pyrrole nitrogens is 1. The number of aromatic amines is 1. The number of nitrogens with one attached hydrogen (secondary N) is 3. The fourth-order valence-electron chi connectivity index (χ4n) is 3.63. The summed E-state index contributed by atoms with van der Waals surface area (Å²) in [6, 6.07) is -0.318. The molecule has 1 atom stereocenters. The van der Waals surface area contributed by atoms with Crippen molar-refractivity contribution in [2.45, 2.75) is 44.6 Å². The molecule has 3 heterocycles. The predicted octanol–water partition coefficient (Wildman–Crippen LogP) is 2.74. The number of halogens is 2. The van der Waals surface area contributed by atoms with Crippen LogP contribution in [0.25, 0.3) is 0 Å². The topological polar surface area (TPSA) is 69.8 Å². The van der Waals surface area contributed by atoms with Crippen LogP contribution >= 0.6 is 36.2 Å². The minimum atomic E-state index is -0.318. The molecule has 25 heavy (non-hydrogen) atoms. The zero-order valence-electron chi connectivity index (χ0n) is 14.0. The number of hydrogen-bond acceptors (Lipinski definition) is 4. The van der Waals surface area contributed by atoms with Crippen molar-refractivity contribution in [3.63, 3.8) is 0 Å². The molecule has 4 rings (SSSR count). The maximum absolute atomic E-state index is 12.5. The molecule has 0 radical (unpaired) electrons. The molecule has 0 aromatic carbocycles. The Bertz CT molecular complexity index is 715.